The SMILES string of the molecule is COCCN(Cc1ccc(C)o1)C(=O)CN(C(=O)c1ccc2c(c1)OCO2)C(C)C. The smallest absolute Gasteiger partial charge is 0.254 e. The van der Waals surface area contributed by atoms with Gasteiger partial charge >= 0.3 is 0 Å². The number of carbonyl (C=O) groups excluding carboxylic acids is 2. The Bertz CT molecular complexity index is 892. The van der Waals surface area contributed by atoms with Gasteiger partial charge in [-0.25, -0.2) is 0 Å². The first-order valence-electron chi connectivity index (χ1n) is 9.91. The minimum atomic E-state index is -0.239. The Morgan fingerprint density at radius 2 is 1.90 bits per heavy atom. The topological polar surface area (TPSA) is 81.5 Å². The van der Waals surface area contributed by atoms with Crippen LogP contribution in [0.1, 0.15) is 35.7 Å². The van der Waals surface area contributed by atoms with Crippen LogP contribution in [0.2, 0.25) is 0 Å². The molecule has 0 spiro atoms. The second kappa shape index (κ2) is 9.67. The van der Waals surface area contributed by atoms with Crippen LogP contribution in [0, 0.1) is 6.92 Å². The fraction of sp³-hybridized carbons (Fsp3) is 0.455. The van der Waals surface area contributed by atoms with E-state index in [2.05, 4.69) is 0 Å². The van der Waals surface area contributed by atoms with Crippen molar-refractivity contribution in [3.05, 3.63) is 47.4 Å². The summed E-state index contributed by atoms with van der Waals surface area (Å²) >= 11 is 0. The molecule has 0 saturated carbocycles. The van der Waals surface area contributed by atoms with Crippen LogP contribution in [0.25, 0.3) is 0 Å². The summed E-state index contributed by atoms with van der Waals surface area (Å²) in [6.07, 6.45) is 0. The molecule has 0 saturated heterocycles. The van der Waals surface area contributed by atoms with Gasteiger partial charge in [0.15, 0.2) is 11.5 Å². The molecule has 30 heavy (non-hydrogen) atoms. The number of ether oxygens (including phenoxy) is 3. The van der Waals surface area contributed by atoms with Crippen molar-refractivity contribution in [3.63, 3.8) is 0 Å². The predicted molar refractivity (Wildman–Crippen MR) is 109 cm³/mol. The molecule has 2 heterocycles. The molecule has 8 nitrogen and oxygen atoms in total. The average Bonchev–Trinajstić information content (AvgIpc) is 3.36. The van der Waals surface area contributed by atoms with Crippen LogP contribution in [-0.4, -0.2) is 61.3 Å². The molecule has 0 unspecified atom stereocenters. The lowest BCUT2D eigenvalue weighted by molar-refractivity contribution is -0.133. The van der Waals surface area contributed by atoms with Gasteiger partial charge in [0.05, 0.1) is 13.2 Å². The van der Waals surface area contributed by atoms with Gasteiger partial charge in [-0.05, 0) is 51.1 Å². The van der Waals surface area contributed by atoms with E-state index in [1.807, 2.05) is 32.9 Å². The lowest BCUT2D eigenvalue weighted by Crippen LogP contribution is -2.46. The number of furan rings is 1. The van der Waals surface area contributed by atoms with E-state index in [4.69, 9.17) is 18.6 Å². The van der Waals surface area contributed by atoms with Crippen LogP contribution >= 0.6 is 0 Å². The number of hydrogen-bond acceptors (Lipinski definition) is 6. The summed E-state index contributed by atoms with van der Waals surface area (Å²) in [6, 6.07) is 8.59. The molecule has 0 aliphatic carbocycles. The highest BCUT2D eigenvalue weighted by molar-refractivity contribution is 5.97. The first-order valence-corrected chi connectivity index (χ1v) is 9.91. The van der Waals surface area contributed by atoms with Crippen molar-refractivity contribution in [2.75, 3.05) is 33.6 Å². The molecule has 3 rings (SSSR count). The highest BCUT2D eigenvalue weighted by Crippen LogP contribution is 2.33. The molecule has 1 aliphatic heterocycles. The lowest BCUT2D eigenvalue weighted by Gasteiger charge is -2.30. The number of rotatable bonds is 9. The second-order valence-corrected chi connectivity index (χ2v) is 7.42. The number of aryl methyl sites for hydroxylation is 1. The summed E-state index contributed by atoms with van der Waals surface area (Å²) in [5.74, 6) is 2.20. The van der Waals surface area contributed by atoms with Crippen molar-refractivity contribution in [2.24, 2.45) is 0 Å². The molecule has 0 radical (unpaired) electrons. The summed E-state index contributed by atoms with van der Waals surface area (Å²) in [5.41, 5.74) is 0.450. The Kier molecular flexibility index (Phi) is 6.99. The Labute approximate surface area is 176 Å². The predicted octanol–water partition coefficient (Wildman–Crippen LogP) is 2.84. The molecule has 1 aromatic heterocycles. The molecular weight excluding hydrogens is 388 g/mol. The molecular formula is C22H28N2O6. The fourth-order valence-electron chi connectivity index (χ4n) is 3.18. The zero-order valence-corrected chi connectivity index (χ0v) is 17.8. The third-order valence-corrected chi connectivity index (χ3v) is 4.87. The van der Waals surface area contributed by atoms with Crippen LogP contribution < -0.4 is 9.47 Å². The molecule has 1 aromatic carbocycles. The largest absolute Gasteiger partial charge is 0.464 e. The second-order valence-electron chi connectivity index (χ2n) is 7.42. The fourth-order valence-corrected chi connectivity index (χ4v) is 3.18. The standard InChI is InChI=1S/C22H28N2O6/c1-15(2)24(22(26)17-6-8-19-20(11-17)29-14-28-19)13-21(25)23(9-10-27-4)12-18-7-5-16(3)30-18/h5-8,11,15H,9-10,12-14H2,1-4H3. The maximum Gasteiger partial charge on any atom is 0.254 e. The van der Waals surface area contributed by atoms with E-state index in [0.29, 0.717) is 42.5 Å². The Morgan fingerprint density at radius 1 is 1.13 bits per heavy atom. The number of amides is 2. The Hall–Kier alpha value is -3.00. The van der Waals surface area contributed by atoms with Crippen LogP contribution in [0.3, 0.4) is 0 Å². The Morgan fingerprint density at radius 3 is 2.57 bits per heavy atom. The van der Waals surface area contributed by atoms with E-state index in [1.54, 1.807) is 35.1 Å². The van der Waals surface area contributed by atoms with E-state index in [1.165, 1.54) is 0 Å². The van der Waals surface area contributed by atoms with E-state index >= 15 is 0 Å². The van der Waals surface area contributed by atoms with Gasteiger partial charge in [-0.2, -0.15) is 0 Å². The van der Waals surface area contributed by atoms with Gasteiger partial charge < -0.3 is 28.4 Å². The number of carbonyl (C=O) groups is 2. The average molecular weight is 416 g/mol. The van der Waals surface area contributed by atoms with Gasteiger partial charge in [0.25, 0.3) is 5.91 Å². The van der Waals surface area contributed by atoms with Crippen molar-refractivity contribution in [1.82, 2.24) is 9.80 Å². The van der Waals surface area contributed by atoms with Gasteiger partial charge in [-0.1, -0.05) is 0 Å². The third-order valence-electron chi connectivity index (χ3n) is 4.87. The molecule has 1 aliphatic rings. The van der Waals surface area contributed by atoms with Crippen molar-refractivity contribution in [3.8, 4) is 11.5 Å². The third kappa shape index (κ3) is 5.13. The van der Waals surface area contributed by atoms with Gasteiger partial charge in [-0.15, -0.1) is 0 Å². The summed E-state index contributed by atoms with van der Waals surface area (Å²) in [6.45, 7) is 6.83. The summed E-state index contributed by atoms with van der Waals surface area (Å²) in [5, 5.41) is 0. The van der Waals surface area contributed by atoms with Gasteiger partial charge in [0.2, 0.25) is 12.7 Å². The lowest BCUT2D eigenvalue weighted by atomic mass is 10.1. The molecule has 0 bridgehead atoms. The zero-order chi connectivity index (χ0) is 21.7. The normalized spacial score (nSPS) is 12.3. The summed E-state index contributed by atoms with van der Waals surface area (Å²) in [4.78, 5) is 29.4. The van der Waals surface area contributed by atoms with Gasteiger partial charge in [-0.3, -0.25) is 9.59 Å². The zero-order valence-electron chi connectivity index (χ0n) is 17.8. The number of nitrogens with zero attached hydrogens (tertiary/aromatic N) is 2. The number of methoxy groups -OCH3 is 1. The van der Waals surface area contributed by atoms with E-state index in [-0.39, 0.29) is 31.2 Å². The van der Waals surface area contributed by atoms with Crippen molar-refractivity contribution in [2.45, 2.75) is 33.4 Å². The van der Waals surface area contributed by atoms with Crippen molar-refractivity contribution < 1.29 is 28.2 Å². The first kappa shape index (κ1) is 21.7. The molecule has 2 amide bonds. The molecule has 162 valence electrons. The highest BCUT2D eigenvalue weighted by atomic mass is 16.7. The van der Waals surface area contributed by atoms with Crippen molar-refractivity contribution >= 4 is 11.8 Å². The Balaban J connectivity index is 1.74. The van der Waals surface area contributed by atoms with Crippen LogP contribution in [0.5, 0.6) is 11.5 Å². The molecule has 0 atom stereocenters. The van der Waals surface area contributed by atoms with Gasteiger partial charge in [0, 0.05) is 25.3 Å². The first-order chi connectivity index (χ1) is 14.4. The number of hydrogen-bond donors (Lipinski definition) is 0. The highest BCUT2D eigenvalue weighted by Gasteiger charge is 2.26. The number of fused-ring (bicyclic) bond motifs is 1. The molecule has 0 fully saturated rings. The van der Waals surface area contributed by atoms with E-state index in [0.717, 1.165) is 5.76 Å². The minimum Gasteiger partial charge on any atom is -0.464 e. The van der Waals surface area contributed by atoms with Crippen LogP contribution in [-0.2, 0) is 16.1 Å². The van der Waals surface area contributed by atoms with Gasteiger partial charge in [0.1, 0.15) is 18.1 Å². The van der Waals surface area contributed by atoms with Crippen LogP contribution in [0.15, 0.2) is 34.7 Å². The van der Waals surface area contributed by atoms with E-state index < -0.39 is 0 Å². The maximum atomic E-state index is 13.1. The van der Waals surface area contributed by atoms with Crippen molar-refractivity contribution in [1.29, 1.82) is 0 Å². The maximum absolute atomic E-state index is 13.1. The summed E-state index contributed by atoms with van der Waals surface area (Å²) in [7, 11) is 1.59. The van der Waals surface area contributed by atoms with E-state index in [9.17, 15) is 9.59 Å². The molecule has 8 heteroatoms. The quantitative estimate of drug-likeness (QED) is 0.625. The molecule has 0 N–H and O–H groups in total. The minimum absolute atomic E-state index is 0.0473. The monoisotopic (exact) mass is 416 g/mol. The molecule has 2 aromatic rings. The van der Waals surface area contributed by atoms with Crippen LogP contribution in [0.4, 0.5) is 0 Å². The number of benzene rings is 1. The summed E-state index contributed by atoms with van der Waals surface area (Å²) < 4.78 is 21.4.